The van der Waals surface area contributed by atoms with Crippen LogP contribution in [0.4, 0.5) is 0 Å². The molecule has 1 atom stereocenters. The first-order chi connectivity index (χ1) is 9.38. The first-order valence-electron chi connectivity index (χ1n) is 6.85. The third-order valence-corrected chi connectivity index (χ3v) is 3.36. The van der Waals surface area contributed by atoms with Gasteiger partial charge in [-0.1, -0.05) is 30.3 Å². The second kappa shape index (κ2) is 7.90. The molecule has 1 N–H and O–H groups in total. The van der Waals surface area contributed by atoms with E-state index in [0.29, 0.717) is 0 Å². The minimum atomic E-state index is -0.108. The van der Waals surface area contributed by atoms with E-state index in [1.54, 1.807) is 0 Å². The highest BCUT2D eigenvalue weighted by molar-refractivity contribution is 5.17. The van der Waals surface area contributed by atoms with Crippen LogP contribution in [0.2, 0.25) is 0 Å². The highest BCUT2D eigenvalue weighted by Gasteiger charge is 2.11. The zero-order valence-electron chi connectivity index (χ0n) is 11.2. The molecule has 1 aromatic rings. The molecule has 0 amide bonds. The molecule has 1 fully saturated rings. The van der Waals surface area contributed by atoms with Gasteiger partial charge in [0.15, 0.2) is 0 Å². The Labute approximate surface area is 115 Å². The molecule has 0 radical (unpaired) electrons. The summed E-state index contributed by atoms with van der Waals surface area (Å²) >= 11 is 0. The quantitative estimate of drug-likeness (QED) is 0.829. The molecule has 0 aromatic heterocycles. The molecule has 2 rings (SSSR count). The van der Waals surface area contributed by atoms with Crippen LogP contribution < -0.4 is 5.32 Å². The summed E-state index contributed by atoms with van der Waals surface area (Å²) in [5.41, 5.74) is 1.20. The van der Waals surface area contributed by atoms with Crippen molar-refractivity contribution in [1.82, 2.24) is 10.2 Å². The number of benzene rings is 1. The monoisotopic (exact) mass is 259 g/mol. The minimum absolute atomic E-state index is 0.108. The number of nitriles is 1. The zero-order chi connectivity index (χ0) is 13.3. The van der Waals surface area contributed by atoms with Gasteiger partial charge in [-0.3, -0.25) is 4.90 Å². The first-order valence-corrected chi connectivity index (χ1v) is 6.85. The Hall–Kier alpha value is -1.41. The molecule has 1 heterocycles. The largest absolute Gasteiger partial charge is 0.379 e. The molecule has 1 aromatic carbocycles. The third-order valence-electron chi connectivity index (χ3n) is 3.36. The van der Waals surface area contributed by atoms with Gasteiger partial charge in [-0.25, -0.2) is 0 Å². The molecule has 1 aliphatic rings. The van der Waals surface area contributed by atoms with Crippen LogP contribution in [-0.4, -0.2) is 50.3 Å². The third kappa shape index (κ3) is 4.99. The van der Waals surface area contributed by atoms with Crippen molar-refractivity contribution >= 4 is 0 Å². The molecule has 0 saturated carbocycles. The van der Waals surface area contributed by atoms with Crippen molar-refractivity contribution in [2.45, 2.75) is 12.5 Å². The standard InChI is InChI=1S/C15H21N3O/c16-13-15(12-14-4-2-1-3-5-14)17-6-7-18-8-10-19-11-9-18/h1-5,15,17H,6-12H2. The van der Waals surface area contributed by atoms with E-state index in [2.05, 4.69) is 28.4 Å². The normalized spacial score (nSPS) is 17.8. The summed E-state index contributed by atoms with van der Waals surface area (Å²) in [4.78, 5) is 2.37. The second-order valence-corrected chi connectivity index (χ2v) is 4.78. The van der Waals surface area contributed by atoms with Crippen molar-refractivity contribution in [3.05, 3.63) is 35.9 Å². The molecule has 102 valence electrons. The minimum Gasteiger partial charge on any atom is -0.379 e. The van der Waals surface area contributed by atoms with Gasteiger partial charge in [0.25, 0.3) is 0 Å². The van der Waals surface area contributed by atoms with Gasteiger partial charge in [-0.05, 0) is 5.56 Å². The number of nitrogens with one attached hydrogen (secondary N) is 1. The average Bonchev–Trinajstić information content (AvgIpc) is 2.48. The molecule has 0 spiro atoms. The van der Waals surface area contributed by atoms with E-state index in [4.69, 9.17) is 4.74 Å². The summed E-state index contributed by atoms with van der Waals surface area (Å²) in [6.45, 7) is 5.48. The summed E-state index contributed by atoms with van der Waals surface area (Å²) in [5.74, 6) is 0. The van der Waals surface area contributed by atoms with E-state index < -0.39 is 0 Å². The molecular formula is C15H21N3O. The number of hydrogen-bond acceptors (Lipinski definition) is 4. The van der Waals surface area contributed by atoms with Crippen LogP contribution in [0.25, 0.3) is 0 Å². The number of morpholine rings is 1. The van der Waals surface area contributed by atoms with Crippen molar-refractivity contribution in [2.24, 2.45) is 0 Å². The molecule has 4 heteroatoms. The number of nitrogens with zero attached hydrogens (tertiary/aromatic N) is 2. The Morgan fingerprint density at radius 1 is 1.26 bits per heavy atom. The summed E-state index contributed by atoms with van der Waals surface area (Å²) in [7, 11) is 0. The van der Waals surface area contributed by atoms with Crippen LogP contribution in [0, 0.1) is 11.3 Å². The van der Waals surface area contributed by atoms with Crippen molar-refractivity contribution in [2.75, 3.05) is 39.4 Å². The fraction of sp³-hybridized carbons (Fsp3) is 0.533. The molecule has 1 saturated heterocycles. The maximum absolute atomic E-state index is 9.18. The van der Waals surface area contributed by atoms with E-state index in [1.807, 2.05) is 18.2 Å². The Morgan fingerprint density at radius 2 is 2.00 bits per heavy atom. The molecule has 0 aliphatic carbocycles. The summed E-state index contributed by atoms with van der Waals surface area (Å²) in [6.07, 6.45) is 0.764. The average molecular weight is 259 g/mol. The van der Waals surface area contributed by atoms with Gasteiger partial charge in [-0.2, -0.15) is 5.26 Å². The zero-order valence-corrected chi connectivity index (χ0v) is 11.2. The highest BCUT2D eigenvalue weighted by atomic mass is 16.5. The Kier molecular flexibility index (Phi) is 5.83. The van der Waals surface area contributed by atoms with Crippen LogP contribution in [0.1, 0.15) is 5.56 Å². The Morgan fingerprint density at radius 3 is 2.68 bits per heavy atom. The lowest BCUT2D eigenvalue weighted by Crippen LogP contribution is -2.42. The van der Waals surface area contributed by atoms with Crippen molar-refractivity contribution in [3.63, 3.8) is 0 Å². The Bertz CT molecular complexity index is 396. The van der Waals surface area contributed by atoms with Crippen LogP contribution in [0.3, 0.4) is 0 Å². The molecule has 4 nitrogen and oxygen atoms in total. The van der Waals surface area contributed by atoms with Gasteiger partial charge in [-0.15, -0.1) is 0 Å². The molecule has 1 unspecified atom stereocenters. The fourth-order valence-corrected chi connectivity index (χ4v) is 2.23. The van der Waals surface area contributed by atoms with Crippen LogP contribution in [-0.2, 0) is 11.2 Å². The van der Waals surface area contributed by atoms with Gasteiger partial charge >= 0.3 is 0 Å². The maximum atomic E-state index is 9.18. The Balaban J connectivity index is 1.69. The summed E-state index contributed by atoms with van der Waals surface area (Å²) < 4.78 is 5.31. The number of rotatable bonds is 6. The van der Waals surface area contributed by atoms with Crippen molar-refractivity contribution < 1.29 is 4.74 Å². The topological polar surface area (TPSA) is 48.3 Å². The van der Waals surface area contributed by atoms with Gasteiger partial charge < -0.3 is 10.1 Å². The SMILES string of the molecule is N#CC(Cc1ccccc1)NCCN1CCOCC1. The maximum Gasteiger partial charge on any atom is 0.0994 e. The summed E-state index contributed by atoms with van der Waals surface area (Å²) in [5, 5.41) is 12.5. The number of ether oxygens (including phenoxy) is 1. The predicted octanol–water partition coefficient (Wildman–Crippen LogP) is 1.04. The molecular weight excluding hydrogens is 238 g/mol. The van der Waals surface area contributed by atoms with Crippen LogP contribution >= 0.6 is 0 Å². The second-order valence-electron chi connectivity index (χ2n) is 4.78. The van der Waals surface area contributed by atoms with Gasteiger partial charge in [0.2, 0.25) is 0 Å². The molecule has 1 aliphatic heterocycles. The first kappa shape index (κ1) is 14.0. The smallest absolute Gasteiger partial charge is 0.0994 e. The lowest BCUT2D eigenvalue weighted by atomic mass is 10.1. The molecule has 19 heavy (non-hydrogen) atoms. The number of hydrogen-bond donors (Lipinski definition) is 1. The van der Waals surface area contributed by atoms with Gasteiger partial charge in [0.1, 0.15) is 0 Å². The van der Waals surface area contributed by atoms with Crippen molar-refractivity contribution in [3.8, 4) is 6.07 Å². The lowest BCUT2D eigenvalue weighted by molar-refractivity contribution is 0.0383. The van der Waals surface area contributed by atoms with Gasteiger partial charge in [0, 0.05) is 32.6 Å². The fourth-order valence-electron chi connectivity index (χ4n) is 2.23. The van der Waals surface area contributed by atoms with E-state index in [-0.39, 0.29) is 6.04 Å². The van der Waals surface area contributed by atoms with Gasteiger partial charge in [0.05, 0.1) is 25.3 Å². The van der Waals surface area contributed by atoms with E-state index in [9.17, 15) is 5.26 Å². The summed E-state index contributed by atoms with van der Waals surface area (Å²) in [6, 6.07) is 12.4. The van der Waals surface area contributed by atoms with E-state index in [0.717, 1.165) is 45.8 Å². The van der Waals surface area contributed by atoms with E-state index >= 15 is 0 Å². The lowest BCUT2D eigenvalue weighted by Gasteiger charge is -2.26. The van der Waals surface area contributed by atoms with Crippen LogP contribution in [0.15, 0.2) is 30.3 Å². The van der Waals surface area contributed by atoms with Crippen molar-refractivity contribution in [1.29, 1.82) is 5.26 Å². The predicted molar refractivity (Wildman–Crippen MR) is 74.8 cm³/mol. The highest BCUT2D eigenvalue weighted by Crippen LogP contribution is 2.02. The molecule has 0 bridgehead atoms. The van der Waals surface area contributed by atoms with Crippen LogP contribution in [0.5, 0.6) is 0 Å². The van der Waals surface area contributed by atoms with E-state index in [1.165, 1.54) is 5.56 Å².